The molecule has 21 heavy (non-hydrogen) atoms. The minimum Gasteiger partial charge on any atom is -0.465 e. The summed E-state index contributed by atoms with van der Waals surface area (Å²) in [5.74, 6) is -0.200. The van der Waals surface area contributed by atoms with Crippen LogP contribution in [0, 0.1) is 5.41 Å². The monoisotopic (exact) mass is 353 g/mol. The van der Waals surface area contributed by atoms with Gasteiger partial charge in [-0.1, -0.05) is 39.3 Å². The average molecular weight is 354 g/mol. The third-order valence-corrected chi connectivity index (χ3v) is 4.66. The van der Waals surface area contributed by atoms with Gasteiger partial charge in [0.05, 0.1) is 12.3 Å². The first kappa shape index (κ1) is 16.0. The lowest BCUT2D eigenvalue weighted by Gasteiger charge is -2.27. The van der Waals surface area contributed by atoms with Crippen LogP contribution >= 0.6 is 15.9 Å². The minimum atomic E-state index is -0.699. The van der Waals surface area contributed by atoms with E-state index in [1.165, 1.54) is 7.11 Å². The van der Waals surface area contributed by atoms with Crippen molar-refractivity contribution in [1.29, 1.82) is 0 Å². The Morgan fingerprint density at radius 1 is 1.43 bits per heavy atom. The first-order valence-electron chi connectivity index (χ1n) is 7.15. The first-order valence-corrected chi connectivity index (χ1v) is 7.94. The number of ether oxygens (including phenoxy) is 1. The molecule has 1 atom stereocenters. The van der Waals surface area contributed by atoms with Crippen molar-refractivity contribution >= 4 is 27.6 Å². The van der Waals surface area contributed by atoms with Crippen LogP contribution in [0.25, 0.3) is 0 Å². The number of hydrogen-bond donors (Lipinski definition) is 0. The number of esters is 1. The Kier molecular flexibility index (Phi) is 5.39. The number of oxime groups is 1. The lowest BCUT2D eigenvalue weighted by atomic mass is 9.78. The van der Waals surface area contributed by atoms with Crippen LogP contribution in [0.4, 0.5) is 0 Å². The zero-order valence-corrected chi connectivity index (χ0v) is 14.0. The number of benzene rings is 1. The number of carbonyl (C=O) groups excluding carboxylic acids is 1. The Balaban J connectivity index is 2.39. The van der Waals surface area contributed by atoms with Crippen LogP contribution in [0.15, 0.2) is 33.9 Å². The largest absolute Gasteiger partial charge is 0.465 e. The fourth-order valence-electron chi connectivity index (χ4n) is 2.90. The molecular weight excluding hydrogens is 334 g/mol. The molecule has 0 aliphatic heterocycles. The molecule has 0 aromatic heterocycles. The minimum absolute atomic E-state index is 0.200. The molecule has 1 saturated carbocycles. The molecule has 1 unspecified atom stereocenters. The Hall–Kier alpha value is -1.36. The smallest absolute Gasteiger partial charge is 0.318 e. The van der Waals surface area contributed by atoms with Gasteiger partial charge in [-0.3, -0.25) is 4.79 Å². The van der Waals surface area contributed by atoms with Crippen molar-refractivity contribution in [2.24, 2.45) is 10.6 Å². The van der Waals surface area contributed by atoms with Crippen LogP contribution in [0.1, 0.15) is 31.7 Å². The van der Waals surface area contributed by atoms with Crippen LogP contribution in [-0.2, 0) is 20.8 Å². The number of hydrogen-bond acceptors (Lipinski definition) is 4. The van der Waals surface area contributed by atoms with E-state index in [2.05, 4.69) is 21.1 Å². The van der Waals surface area contributed by atoms with E-state index in [1.54, 1.807) is 0 Å². The summed E-state index contributed by atoms with van der Waals surface area (Å²) in [4.78, 5) is 17.5. The topological polar surface area (TPSA) is 47.9 Å². The van der Waals surface area contributed by atoms with Gasteiger partial charge in [-0.15, -0.1) is 0 Å². The predicted octanol–water partition coefficient (Wildman–Crippen LogP) is 3.73. The molecule has 0 saturated heterocycles. The highest BCUT2D eigenvalue weighted by Gasteiger charge is 2.48. The molecule has 1 aliphatic rings. The molecule has 1 aliphatic carbocycles. The lowest BCUT2D eigenvalue weighted by molar-refractivity contribution is -0.151. The second kappa shape index (κ2) is 7.07. The molecule has 1 fully saturated rings. The van der Waals surface area contributed by atoms with Gasteiger partial charge in [0.1, 0.15) is 12.5 Å². The van der Waals surface area contributed by atoms with Gasteiger partial charge in [-0.05, 0) is 44.2 Å². The summed E-state index contributed by atoms with van der Waals surface area (Å²) in [6.07, 6.45) is 3.02. The molecule has 2 rings (SSSR count). The molecule has 0 amide bonds. The van der Waals surface area contributed by atoms with Gasteiger partial charge >= 0.3 is 5.97 Å². The maximum Gasteiger partial charge on any atom is 0.318 e. The average Bonchev–Trinajstić information content (AvgIpc) is 2.86. The van der Waals surface area contributed by atoms with Crippen LogP contribution in [0.3, 0.4) is 0 Å². The third kappa shape index (κ3) is 3.28. The molecule has 114 valence electrons. The predicted molar refractivity (Wildman–Crippen MR) is 85.2 cm³/mol. The van der Waals surface area contributed by atoms with E-state index in [1.807, 2.05) is 31.2 Å². The number of carbonyl (C=O) groups is 1. The van der Waals surface area contributed by atoms with E-state index in [9.17, 15) is 4.79 Å². The summed E-state index contributed by atoms with van der Waals surface area (Å²) in [6.45, 7) is 2.20. The maximum atomic E-state index is 12.6. The summed E-state index contributed by atoms with van der Waals surface area (Å²) in [6, 6.07) is 7.94. The molecule has 0 bridgehead atoms. The van der Waals surface area contributed by atoms with Crippen molar-refractivity contribution in [3.63, 3.8) is 0 Å². The second-order valence-corrected chi connectivity index (χ2v) is 6.00. The Bertz CT molecular complexity index is 544. The maximum absolute atomic E-state index is 12.6. The second-order valence-electron chi connectivity index (χ2n) is 5.14. The zero-order valence-electron chi connectivity index (χ0n) is 12.4. The van der Waals surface area contributed by atoms with Crippen molar-refractivity contribution in [2.45, 2.75) is 32.6 Å². The van der Waals surface area contributed by atoms with E-state index < -0.39 is 5.41 Å². The van der Waals surface area contributed by atoms with Crippen molar-refractivity contribution in [2.75, 3.05) is 13.7 Å². The van der Waals surface area contributed by atoms with E-state index in [0.29, 0.717) is 13.0 Å². The van der Waals surface area contributed by atoms with Crippen LogP contribution < -0.4 is 0 Å². The summed E-state index contributed by atoms with van der Waals surface area (Å²) in [5, 5.41) is 4.11. The molecule has 0 spiro atoms. The van der Waals surface area contributed by atoms with Gasteiger partial charge in [0.25, 0.3) is 0 Å². The summed E-state index contributed by atoms with van der Waals surface area (Å²) >= 11 is 3.55. The highest BCUT2D eigenvalue weighted by atomic mass is 79.9. The quantitative estimate of drug-likeness (QED) is 0.598. The summed E-state index contributed by atoms with van der Waals surface area (Å²) < 4.78 is 6.32. The molecule has 1 aromatic carbocycles. The number of rotatable bonds is 5. The highest BCUT2D eigenvalue weighted by molar-refractivity contribution is 9.10. The van der Waals surface area contributed by atoms with Gasteiger partial charge in [-0.25, -0.2) is 0 Å². The SMILES string of the molecule is CCOC(=O)C1(Cc2ccccc2Br)CCC/C1=N\OC. The van der Waals surface area contributed by atoms with Crippen LogP contribution in [-0.4, -0.2) is 25.4 Å². The molecule has 0 N–H and O–H groups in total. The van der Waals surface area contributed by atoms with Gasteiger partial charge in [0.15, 0.2) is 0 Å². The zero-order chi connectivity index (χ0) is 15.3. The third-order valence-electron chi connectivity index (χ3n) is 3.89. The molecular formula is C16H20BrNO3. The molecule has 0 heterocycles. The Labute approximate surface area is 133 Å². The molecule has 4 nitrogen and oxygen atoms in total. The van der Waals surface area contributed by atoms with Crippen molar-refractivity contribution in [3.8, 4) is 0 Å². The standard InChI is InChI=1S/C16H20BrNO3/c1-3-21-15(19)16(10-6-9-14(16)18-20-2)11-12-7-4-5-8-13(12)17/h4-5,7-8H,3,6,9-11H2,1-2H3/b18-14+. The van der Waals surface area contributed by atoms with E-state index in [0.717, 1.165) is 35.0 Å². The fourth-order valence-corrected chi connectivity index (χ4v) is 3.33. The van der Waals surface area contributed by atoms with E-state index in [-0.39, 0.29) is 5.97 Å². The number of halogens is 1. The Morgan fingerprint density at radius 2 is 2.19 bits per heavy atom. The molecule has 1 aromatic rings. The van der Waals surface area contributed by atoms with Gasteiger partial charge in [-0.2, -0.15) is 0 Å². The summed E-state index contributed by atoms with van der Waals surface area (Å²) in [7, 11) is 1.51. The van der Waals surface area contributed by atoms with Crippen molar-refractivity contribution in [1.82, 2.24) is 0 Å². The van der Waals surface area contributed by atoms with E-state index >= 15 is 0 Å². The number of nitrogens with zero attached hydrogens (tertiary/aromatic N) is 1. The van der Waals surface area contributed by atoms with Crippen LogP contribution in [0.2, 0.25) is 0 Å². The van der Waals surface area contributed by atoms with Gasteiger partial charge in [0, 0.05) is 4.47 Å². The first-order chi connectivity index (χ1) is 10.1. The lowest BCUT2D eigenvalue weighted by Crippen LogP contribution is -2.39. The Morgan fingerprint density at radius 3 is 2.86 bits per heavy atom. The van der Waals surface area contributed by atoms with Crippen molar-refractivity contribution < 1.29 is 14.4 Å². The highest BCUT2D eigenvalue weighted by Crippen LogP contribution is 2.41. The van der Waals surface area contributed by atoms with Gasteiger partial charge < -0.3 is 9.57 Å². The summed E-state index contributed by atoms with van der Waals surface area (Å²) in [5.41, 5.74) is 1.17. The fraction of sp³-hybridized carbons (Fsp3) is 0.500. The van der Waals surface area contributed by atoms with Gasteiger partial charge in [0.2, 0.25) is 0 Å². The molecule has 5 heteroatoms. The van der Waals surface area contributed by atoms with Crippen LogP contribution in [0.5, 0.6) is 0 Å². The van der Waals surface area contributed by atoms with E-state index in [4.69, 9.17) is 9.57 Å². The van der Waals surface area contributed by atoms with Crippen molar-refractivity contribution in [3.05, 3.63) is 34.3 Å². The normalized spacial score (nSPS) is 23.3. The molecule has 0 radical (unpaired) electrons.